The number of allylic oxidation sites excluding steroid dienone is 4. The highest BCUT2D eigenvalue weighted by atomic mass is 16.2. The second-order valence-corrected chi connectivity index (χ2v) is 12.0. The van der Waals surface area contributed by atoms with E-state index in [0.717, 1.165) is 51.4 Å². The summed E-state index contributed by atoms with van der Waals surface area (Å²) < 4.78 is 0. The Hall–Kier alpha value is -3.80. The second-order valence-electron chi connectivity index (χ2n) is 12.0. The normalized spacial score (nSPS) is 14.5. The van der Waals surface area contributed by atoms with Crippen LogP contribution in [-0.4, -0.2) is 46.5 Å². The average Bonchev–Trinajstić information content (AvgIpc) is 3.43. The van der Waals surface area contributed by atoms with Gasteiger partial charge in [0, 0.05) is 13.1 Å². The van der Waals surface area contributed by atoms with Gasteiger partial charge in [0.2, 0.25) is 0 Å². The van der Waals surface area contributed by atoms with Crippen LogP contribution in [-0.2, 0) is 0 Å². The van der Waals surface area contributed by atoms with Gasteiger partial charge in [-0.2, -0.15) is 0 Å². The average molecular weight is 597 g/mol. The van der Waals surface area contributed by atoms with Gasteiger partial charge in [0.05, 0.1) is 22.3 Å². The van der Waals surface area contributed by atoms with Gasteiger partial charge in [-0.1, -0.05) is 113 Å². The molecule has 44 heavy (non-hydrogen) atoms. The Morgan fingerprint density at radius 2 is 0.659 bits per heavy atom. The van der Waals surface area contributed by atoms with E-state index in [2.05, 4.69) is 24.3 Å². The van der Waals surface area contributed by atoms with Crippen molar-refractivity contribution in [1.29, 1.82) is 0 Å². The number of hydrogen-bond acceptors (Lipinski definition) is 4. The summed E-state index contributed by atoms with van der Waals surface area (Å²) >= 11 is 0. The minimum atomic E-state index is -0.144. The van der Waals surface area contributed by atoms with Crippen molar-refractivity contribution in [2.24, 2.45) is 0 Å². The molecule has 0 saturated carbocycles. The fourth-order valence-electron chi connectivity index (χ4n) is 6.07. The summed E-state index contributed by atoms with van der Waals surface area (Å²) in [6.07, 6.45) is 27.1. The third kappa shape index (κ3) is 9.35. The number of unbranched alkanes of at least 4 members (excludes halogenated alkanes) is 14. The van der Waals surface area contributed by atoms with E-state index in [9.17, 15) is 19.2 Å². The molecule has 4 amide bonds. The van der Waals surface area contributed by atoms with Gasteiger partial charge in [-0.05, 0) is 62.8 Å². The van der Waals surface area contributed by atoms with E-state index in [1.807, 2.05) is 24.3 Å². The lowest BCUT2D eigenvalue weighted by molar-refractivity contribution is 0.0636. The van der Waals surface area contributed by atoms with E-state index in [1.54, 1.807) is 24.3 Å². The highest BCUT2D eigenvalue weighted by molar-refractivity contribution is 6.22. The van der Waals surface area contributed by atoms with Gasteiger partial charge in [-0.3, -0.25) is 29.0 Å². The smallest absolute Gasteiger partial charge is 0.261 e. The zero-order valence-electron chi connectivity index (χ0n) is 26.2. The third-order valence-corrected chi connectivity index (χ3v) is 8.64. The molecule has 234 valence electrons. The molecule has 0 spiro atoms. The Kier molecular flexibility index (Phi) is 13.6. The first-order chi connectivity index (χ1) is 21.6. The zero-order valence-corrected chi connectivity index (χ0v) is 26.2. The molecule has 2 aromatic rings. The van der Waals surface area contributed by atoms with Gasteiger partial charge in [0.25, 0.3) is 23.6 Å². The lowest BCUT2D eigenvalue weighted by Gasteiger charge is -2.13. The molecule has 0 saturated heterocycles. The number of rotatable bonds is 21. The predicted molar refractivity (Wildman–Crippen MR) is 176 cm³/mol. The first-order valence-electron chi connectivity index (χ1n) is 16.8. The van der Waals surface area contributed by atoms with E-state index in [1.165, 1.54) is 61.2 Å². The second kappa shape index (κ2) is 18.1. The van der Waals surface area contributed by atoms with Crippen LogP contribution in [0.25, 0.3) is 0 Å². The van der Waals surface area contributed by atoms with Crippen molar-refractivity contribution in [3.63, 3.8) is 0 Å². The van der Waals surface area contributed by atoms with Crippen LogP contribution < -0.4 is 0 Å². The topological polar surface area (TPSA) is 74.8 Å². The van der Waals surface area contributed by atoms with Gasteiger partial charge < -0.3 is 0 Å². The molecule has 0 N–H and O–H groups in total. The molecular formula is C38H48N2O4. The van der Waals surface area contributed by atoms with Gasteiger partial charge >= 0.3 is 0 Å². The summed E-state index contributed by atoms with van der Waals surface area (Å²) in [5, 5.41) is 0. The van der Waals surface area contributed by atoms with E-state index in [4.69, 9.17) is 0 Å². The van der Waals surface area contributed by atoms with Crippen molar-refractivity contribution in [2.45, 2.75) is 103 Å². The van der Waals surface area contributed by atoms with Crippen molar-refractivity contribution < 1.29 is 19.2 Å². The fraction of sp³-hybridized carbons (Fsp3) is 0.474. The summed E-state index contributed by atoms with van der Waals surface area (Å²) in [5.74, 6) is -0.577. The van der Waals surface area contributed by atoms with Crippen molar-refractivity contribution in [3.05, 3.63) is 95.1 Å². The van der Waals surface area contributed by atoms with Crippen molar-refractivity contribution in [1.82, 2.24) is 9.80 Å². The van der Waals surface area contributed by atoms with E-state index < -0.39 is 0 Å². The SMILES string of the molecule is O=C1c2ccccc2C(=O)N1CCCCCCCCCC=CC=CCCCCCCCCCN1C(=O)c2ccccc2C1=O. The Morgan fingerprint density at radius 3 is 0.977 bits per heavy atom. The van der Waals surface area contributed by atoms with E-state index in [0.29, 0.717) is 35.3 Å². The molecule has 2 aromatic carbocycles. The Morgan fingerprint density at radius 1 is 0.386 bits per heavy atom. The molecule has 2 aliphatic heterocycles. The number of fused-ring (bicyclic) bond motifs is 2. The summed E-state index contributed by atoms with van der Waals surface area (Å²) in [4.78, 5) is 52.4. The van der Waals surface area contributed by atoms with Crippen LogP contribution in [0, 0.1) is 0 Å². The van der Waals surface area contributed by atoms with Crippen molar-refractivity contribution >= 4 is 23.6 Å². The van der Waals surface area contributed by atoms with E-state index in [-0.39, 0.29) is 23.6 Å². The number of carbonyl (C=O) groups is 4. The van der Waals surface area contributed by atoms with Crippen LogP contribution in [0.15, 0.2) is 72.8 Å². The van der Waals surface area contributed by atoms with Gasteiger partial charge in [-0.25, -0.2) is 0 Å². The fourth-order valence-corrected chi connectivity index (χ4v) is 6.07. The quantitative estimate of drug-likeness (QED) is 0.0819. The molecule has 0 radical (unpaired) electrons. The summed E-state index contributed by atoms with van der Waals surface area (Å²) in [6.45, 7) is 1.05. The largest absolute Gasteiger partial charge is 0.274 e. The number of nitrogens with zero attached hydrogens (tertiary/aromatic N) is 2. The van der Waals surface area contributed by atoms with Crippen LogP contribution in [0.3, 0.4) is 0 Å². The summed E-state index contributed by atoms with van der Waals surface area (Å²) in [7, 11) is 0. The number of imide groups is 2. The Bertz CT molecular complexity index is 1160. The molecular weight excluding hydrogens is 548 g/mol. The molecule has 2 aliphatic rings. The maximum absolute atomic E-state index is 12.4. The zero-order chi connectivity index (χ0) is 31.0. The number of hydrogen-bond donors (Lipinski definition) is 0. The highest BCUT2D eigenvalue weighted by Gasteiger charge is 2.35. The molecule has 0 bridgehead atoms. The molecule has 0 atom stereocenters. The lowest BCUT2D eigenvalue weighted by Crippen LogP contribution is -2.30. The first kappa shape index (κ1) is 33.1. The molecule has 6 nitrogen and oxygen atoms in total. The third-order valence-electron chi connectivity index (χ3n) is 8.64. The number of carbonyl (C=O) groups excluding carboxylic acids is 4. The summed E-state index contributed by atoms with van der Waals surface area (Å²) in [5.41, 5.74) is 2.16. The molecule has 0 fully saturated rings. The molecule has 0 aromatic heterocycles. The number of amides is 4. The van der Waals surface area contributed by atoms with Crippen LogP contribution in [0.5, 0.6) is 0 Å². The predicted octanol–water partition coefficient (Wildman–Crippen LogP) is 8.93. The molecule has 2 heterocycles. The molecule has 4 rings (SSSR count). The monoisotopic (exact) mass is 596 g/mol. The van der Waals surface area contributed by atoms with Gasteiger partial charge in [0.15, 0.2) is 0 Å². The first-order valence-corrected chi connectivity index (χ1v) is 16.8. The van der Waals surface area contributed by atoms with E-state index >= 15 is 0 Å². The molecule has 0 aliphatic carbocycles. The van der Waals surface area contributed by atoms with Gasteiger partial charge in [-0.15, -0.1) is 0 Å². The van der Waals surface area contributed by atoms with Crippen LogP contribution >= 0.6 is 0 Å². The van der Waals surface area contributed by atoms with Crippen LogP contribution in [0.4, 0.5) is 0 Å². The maximum atomic E-state index is 12.4. The lowest BCUT2D eigenvalue weighted by atomic mass is 10.1. The molecule has 0 unspecified atom stereocenters. The Labute approximate surface area is 263 Å². The highest BCUT2D eigenvalue weighted by Crippen LogP contribution is 2.24. The maximum Gasteiger partial charge on any atom is 0.261 e. The summed E-state index contributed by atoms with van der Waals surface area (Å²) in [6, 6.07) is 14.2. The van der Waals surface area contributed by atoms with Crippen LogP contribution in [0.2, 0.25) is 0 Å². The van der Waals surface area contributed by atoms with Gasteiger partial charge in [0.1, 0.15) is 0 Å². The van der Waals surface area contributed by atoms with Crippen LogP contribution in [0.1, 0.15) is 144 Å². The standard InChI is InChI=1S/C38H48N2O4/c41-35-31-25-19-20-26-32(31)36(42)39(35)29-23-17-15-13-11-9-7-5-3-1-2-4-6-8-10-12-14-16-18-24-30-40-37(43)33-27-21-22-28-34(33)38(40)44/h1-4,19-22,25-28H,5-18,23-24,29-30H2. The number of benzene rings is 2. The Balaban J connectivity index is 0.884. The minimum Gasteiger partial charge on any atom is -0.274 e. The minimum absolute atomic E-state index is 0.144. The molecule has 6 heteroatoms. The van der Waals surface area contributed by atoms with Crippen molar-refractivity contribution in [3.8, 4) is 0 Å². The van der Waals surface area contributed by atoms with Crippen molar-refractivity contribution in [2.75, 3.05) is 13.1 Å².